The maximum atomic E-state index is 15.0. The predicted molar refractivity (Wildman–Crippen MR) is 132 cm³/mol. The average molecular weight is 509 g/mol. The van der Waals surface area contributed by atoms with Crippen molar-refractivity contribution in [2.45, 2.75) is 25.0 Å². The number of hydrogen-bond donors (Lipinski definition) is 0. The molecule has 0 bridgehead atoms. The summed E-state index contributed by atoms with van der Waals surface area (Å²) in [6, 6.07) is 14.5. The lowest BCUT2D eigenvalue weighted by atomic mass is 10.1. The third-order valence-corrected chi connectivity index (χ3v) is 8.15. The van der Waals surface area contributed by atoms with Gasteiger partial charge in [0.1, 0.15) is 6.10 Å². The molecule has 2 heterocycles. The van der Waals surface area contributed by atoms with E-state index in [1.807, 2.05) is 44.4 Å². The number of ether oxygens (including phenoxy) is 1. The van der Waals surface area contributed by atoms with E-state index < -0.39 is 10.3 Å². The first-order valence-electron chi connectivity index (χ1n) is 11.4. The Morgan fingerprint density at radius 3 is 2.50 bits per heavy atom. The van der Waals surface area contributed by atoms with Crippen LogP contribution >= 0.6 is 11.6 Å². The van der Waals surface area contributed by atoms with Crippen molar-refractivity contribution in [2.24, 2.45) is 4.36 Å². The molecule has 0 radical (unpaired) electrons. The highest BCUT2D eigenvalue weighted by atomic mass is 35.5. The fraction of sp³-hybridized carbons (Fsp3) is 0.458. The third-order valence-electron chi connectivity index (χ3n) is 6.40. The first-order valence-corrected chi connectivity index (χ1v) is 13.1. The van der Waals surface area contributed by atoms with E-state index >= 15 is 3.89 Å². The monoisotopic (exact) mass is 508 g/mol. The van der Waals surface area contributed by atoms with Gasteiger partial charge in [0.25, 0.3) is 16.2 Å². The molecule has 2 aliphatic rings. The van der Waals surface area contributed by atoms with E-state index in [9.17, 15) is 9.00 Å². The molecule has 10 heteroatoms. The predicted octanol–water partition coefficient (Wildman–Crippen LogP) is 4.48. The SMILES string of the molecule is CN(C)C1CCN(S(=O)(F)=Nc2ccc(C(=O)N3CCO[C@@H](c4ccccc4)C3)c(Cl)c2)CC1. The Balaban J connectivity index is 1.46. The van der Waals surface area contributed by atoms with Crippen LogP contribution in [-0.4, -0.2) is 77.1 Å². The van der Waals surface area contributed by atoms with Gasteiger partial charge in [-0.15, -0.1) is 3.89 Å². The summed E-state index contributed by atoms with van der Waals surface area (Å²) in [5.74, 6) is -0.229. The van der Waals surface area contributed by atoms with E-state index in [0.29, 0.717) is 44.4 Å². The van der Waals surface area contributed by atoms with Crippen molar-refractivity contribution in [3.05, 3.63) is 64.7 Å². The Morgan fingerprint density at radius 1 is 1.15 bits per heavy atom. The molecule has 0 N–H and O–H groups in total. The lowest BCUT2D eigenvalue weighted by molar-refractivity contribution is -0.0228. The summed E-state index contributed by atoms with van der Waals surface area (Å²) in [5.41, 5.74) is 1.45. The Hall–Kier alpha value is -2.04. The van der Waals surface area contributed by atoms with Crippen molar-refractivity contribution in [1.29, 1.82) is 0 Å². The number of benzene rings is 2. The van der Waals surface area contributed by atoms with Gasteiger partial charge >= 0.3 is 0 Å². The van der Waals surface area contributed by atoms with Crippen molar-refractivity contribution in [1.82, 2.24) is 14.1 Å². The maximum Gasteiger partial charge on any atom is 0.275 e. The van der Waals surface area contributed by atoms with Crippen molar-refractivity contribution < 1.29 is 17.6 Å². The van der Waals surface area contributed by atoms with Crippen molar-refractivity contribution >= 4 is 33.5 Å². The second kappa shape index (κ2) is 10.7. The van der Waals surface area contributed by atoms with Crippen LogP contribution in [-0.2, 0) is 15.0 Å². The zero-order chi connectivity index (χ0) is 24.3. The Morgan fingerprint density at radius 2 is 1.85 bits per heavy atom. The number of piperidine rings is 1. The van der Waals surface area contributed by atoms with Crippen LogP contribution in [0.1, 0.15) is 34.9 Å². The fourth-order valence-electron chi connectivity index (χ4n) is 4.38. The largest absolute Gasteiger partial charge is 0.370 e. The number of carbonyl (C=O) groups excluding carboxylic acids is 1. The highest BCUT2D eigenvalue weighted by molar-refractivity contribution is 7.86. The van der Waals surface area contributed by atoms with E-state index in [2.05, 4.69) is 9.26 Å². The highest BCUT2D eigenvalue weighted by Crippen LogP contribution is 2.29. The second-order valence-electron chi connectivity index (χ2n) is 8.83. The molecule has 2 aromatic rings. The molecule has 2 aliphatic heterocycles. The Kier molecular flexibility index (Phi) is 7.89. The van der Waals surface area contributed by atoms with Gasteiger partial charge in [-0.2, -0.15) is 12.9 Å². The van der Waals surface area contributed by atoms with Crippen molar-refractivity contribution in [3.8, 4) is 0 Å². The zero-order valence-electron chi connectivity index (χ0n) is 19.4. The molecule has 0 spiro atoms. The summed E-state index contributed by atoms with van der Waals surface area (Å²) >= 11 is 6.39. The van der Waals surface area contributed by atoms with Crippen LogP contribution < -0.4 is 0 Å². The number of rotatable bonds is 5. The highest BCUT2D eigenvalue weighted by Gasteiger charge is 2.29. The number of hydrogen-bond acceptors (Lipinski definition) is 5. The lowest BCUT2D eigenvalue weighted by Gasteiger charge is -2.33. The van der Waals surface area contributed by atoms with Gasteiger partial charge in [0.15, 0.2) is 0 Å². The summed E-state index contributed by atoms with van der Waals surface area (Å²) < 4.78 is 38.7. The van der Waals surface area contributed by atoms with Crippen LogP contribution in [0.2, 0.25) is 5.02 Å². The number of halogens is 2. The van der Waals surface area contributed by atoms with Gasteiger partial charge in [-0.3, -0.25) is 4.79 Å². The first-order chi connectivity index (χ1) is 16.2. The van der Waals surface area contributed by atoms with E-state index in [1.165, 1.54) is 22.5 Å². The number of carbonyl (C=O) groups is 1. The van der Waals surface area contributed by atoms with Crippen LogP contribution in [0.5, 0.6) is 0 Å². The van der Waals surface area contributed by atoms with Crippen LogP contribution in [0.15, 0.2) is 52.9 Å². The summed E-state index contributed by atoms with van der Waals surface area (Å²) in [6.07, 6.45) is 1.24. The Labute approximate surface area is 206 Å². The van der Waals surface area contributed by atoms with E-state index in [1.54, 1.807) is 4.90 Å². The summed E-state index contributed by atoms with van der Waals surface area (Å²) in [5, 5.41) is 0.149. The second-order valence-corrected chi connectivity index (χ2v) is 10.8. The summed E-state index contributed by atoms with van der Waals surface area (Å²) in [4.78, 5) is 16.9. The normalized spacial score (nSPS) is 21.9. The smallest absolute Gasteiger partial charge is 0.275 e. The molecule has 184 valence electrons. The summed E-state index contributed by atoms with van der Waals surface area (Å²) in [7, 11) is -0.100. The molecule has 2 aromatic carbocycles. The fourth-order valence-corrected chi connectivity index (χ4v) is 5.79. The van der Waals surface area contributed by atoms with Gasteiger partial charge in [-0.1, -0.05) is 41.9 Å². The topological polar surface area (TPSA) is 65.5 Å². The standard InChI is InChI=1S/C24H30ClFN4O3S/c1-28(2)20-10-12-30(13-11-20)34(26,32)27-19-8-9-21(22(25)16-19)24(31)29-14-15-33-23(17-29)18-6-4-3-5-7-18/h3-9,16,20,23H,10-15,17H2,1-2H3/t23-,34?/m1/s1. The molecule has 7 nitrogen and oxygen atoms in total. The van der Waals surface area contributed by atoms with Gasteiger partial charge in [-0.25, -0.2) is 0 Å². The minimum atomic E-state index is -4.07. The molecule has 2 saturated heterocycles. The third kappa shape index (κ3) is 5.78. The van der Waals surface area contributed by atoms with Gasteiger partial charge in [0.05, 0.1) is 29.4 Å². The molecule has 34 heavy (non-hydrogen) atoms. The van der Waals surface area contributed by atoms with Crippen LogP contribution in [0.4, 0.5) is 9.57 Å². The van der Waals surface area contributed by atoms with Gasteiger partial charge < -0.3 is 14.5 Å². The van der Waals surface area contributed by atoms with Crippen LogP contribution in [0, 0.1) is 0 Å². The Bertz CT molecular complexity index is 1130. The van der Waals surface area contributed by atoms with Crippen molar-refractivity contribution in [3.63, 3.8) is 0 Å². The molecule has 2 fully saturated rings. The molecule has 4 rings (SSSR count). The van der Waals surface area contributed by atoms with Gasteiger partial charge in [-0.05, 0) is 50.7 Å². The van der Waals surface area contributed by atoms with Crippen LogP contribution in [0.25, 0.3) is 0 Å². The minimum absolute atomic E-state index is 0.146. The zero-order valence-corrected chi connectivity index (χ0v) is 21.0. The van der Waals surface area contributed by atoms with Crippen molar-refractivity contribution in [2.75, 3.05) is 46.9 Å². The lowest BCUT2D eigenvalue weighted by Crippen LogP contribution is -2.43. The van der Waals surface area contributed by atoms with Gasteiger partial charge in [0, 0.05) is 25.7 Å². The molecule has 1 unspecified atom stereocenters. The number of morpholine rings is 1. The maximum absolute atomic E-state index is 15.0. The molecular weight excluding hydrogens is 479 g/mol. The summed E-state index contributed by atoms with van der Waals surface area (Å²) in [6.45, 7) is 2.01. The minimum Gasteiger partial charge on any atom is -0.370 e. The van der Waals surface area contributed by atoms with E-state index in [-0.39, 0.29) is 22.7 Å². The molecule has 1 amide bonds. The van der Waals surface area contributed by atoms with Gasteiger partial charge in [0.2, 0.25) is 0 Å². The molecular formula is C24H30ClFN4O3S. The first kappa shape index (κ1) is 25.1. The average Bonchev–Trinajstić information content (AvgIpc) is 2.84. The molecule has 0 saturated carbocycles. The molecule has 0 aliphatic carbocycles. The number of amides is 1. The molecule has 2 atom stereocenters. The number of nitrogens with zero attached hydrogens (tertiary/aromatic N) is 4. The van der Waals surface area contributed by atoms with E-state index in [0.717, 1.165) is 18.4 Å². The van der Waals surface area contributed by atoms with E-state index in [4.69, 9.17) is 16.3 Å². The van der Waals surface area contributed by atoms with Crippen LogP contribution in [0.3, 0.4) is 0 Å². The molecule has 0 aromatic heterocycles. The quantitative estimate of drug-likeness (QED) is 0.559.